The van der Waals surface area contributed by atoms with Gasteiger partial charge in [0.05, 0.1) is 0 Å². The van der Waals surface area contributed by atoms with Crippen LogP contribution >= 0.6 is 0 Å². The molecule has 0 bridgehead atoms. The van der Waals surface area contributed by atoms with Crippen molar-refractivity contribution in [2.75, 3.05) is 5.73 Å². The maximum Gasteiger partial charge on any atom is 0.260 e. The van der Waals surface area contributed by atoms with E-state index in [2.05, 4.69) is 12.2 Å². The minimum absolute atomic E-state index is 0.0440. The monoisotopic (exact) mass is 282 g/mol. The van der Waals surface area contributed by atoms with Crippen molar-refractivity contribution in [3.8, 4) is 5.75 Å². The molecule has 0 spiro atoms. The molecule has 0 aliphatic heterocycles. The van der Waals surface area contributed by atoms with Crippen LogP contribution in [0.15, 0.2) is 12.1 Å². The minimum atomic E-state index is -0.758. The molecule has 0 fully saturated rings. The second-order valence-electron chi connectivity index (χ2n) is 5.10. The van der Waals surface area contributed by atoms with E-state index in [4.69, 9.17) is 10.5 Å². The van der Waals surface area contributed by atoms with Crippen LogP contribution in [0.25, 0.3) is 0 Å². The summed E-state index contributed by atoms with van der Waals surface area (Å²) in [4.78, 5) is 11.9. The van der Waals surface area contributed by atoms with Crippen molar-refractivity contribution in [2.24, 2.45) is 0 Å². The summed E-state index contributed by atoms with van der Waals surface area (Å²) in [5.41, 5.74) is 6.68. The zero-order chi connectivity index (χ0) is 15.3. The van der Waals surface area contributed by atoms with E-state index >= 15 is 0 Å². The van der Waals surface area contributed by atoms with Gasteiger partial charge in [-0.05, 0) is 38.8 Å². The summed E-state index contributed by atoms with van der Waals surface area (Å²) in [5, 5.41) is 2.84. The first-order valence-corrected chi connectivity index (χ1v) is 6.87. The summed E-state index contributed by atoms with van der Waals surface area (Å²) in [5.74, 6) is -0.767. The largest absolute Gasteiger partial charge is 0.478 e. The number of nitrogen functional groups attached to an aromatic ring is 1. The molecule has 4 nitrogen and oxygen atoms in total. The van der Waals surface area contributed by atoms with Crippen molar-refractivity contribution in [2.45, 2.75) is 52.7 Å². The highest BCUT2D eigenvalue weighted by molar-refractivity contribution is 5.81. The lowest BCUT2D eigenvalue weighted by atomic mass is 10.2. The lowest BCUT2D eigenvalue weighted by Gasteiger charge is -2.19. The molecule has 0 radical (unpaired) electrons. The molecular weight excluding hydrogens is 259 g/mol. The van der Waals surface area contributed by atoms with Crippen LogP contribution in [-0.2, 0) is 4.79 Å². The summed E-state index contributed by atoms with van der Waals surface area (Å²) < 4.78 is 19.1. The Balaban J connectivity index is 2.68. The average molecular weight is 282 g/mol. The first-order valence-electron chi connectivity index (χ1n) is 6.87. The normalized spacial score (nSPS) is 13.7. The van der Waals surface area contributed by atoms with E-state index in [1.165, 1.54) is 12.1 Å². The number of anilines is 1. The van der Waals surface area contributed by atoms with E-state index in [0.717, 1.165) is 12.8 Å². The van der Waals surface area contributed by atoms with Gasteiger partial charge >= 0.3 is 0 Å². The molecule has 112 valence electrons. The van der Waals surface area contributed by atoms with Gasteiger partial charge in [-0.2, -0.15) is 0 Å². The number of amides is 1. The quantitative estimate of drug-likeness (QED) is 0.789. The van der Waals surface area contributed by atoms with Gasteiger partial charge in [0.25, 0.3) is 5.91 Å². The Morgan fingerprint density at radius 1 is 1.45 bits per heavy atom. The third-order valence-electron chi connectivity index (χ3n) is 3.10. The molecule has 0 aliphatic rings. The van der Waals surface area contributed by atoms with Crippen molar-refractivity contribution >= 4 is 11.6 Å². The van der Waals surface area contributed by atoms with E-state index in [1.54, 1.807) is 13.8 Å². The molecule has 3 N–H and O–H groups in total. The van der Waals surface area contributed by atoms with Crippen molar-refractivity contribution in [3.63, 3.8) is 0 Å². The molecule has 2 atom stereocenters. The van der Waals surface area contributed by atoms with Gasteiger partial charge in [0, 0.05) is 17.8 Å². The van der Waals surface area contributed by atoms with Gasteiger partial charge in [0.1, 0.15) is 0 Å². The molecule has 0 aliphatic carbocycles. The van der Waals surface area contributed by atoms with Crippen LogP contribution in [0.1, 0.15) is 39.2 Å². The maximum absolute atomic E-state index is 13.7. The Morgan fingerprint density at radius 2 is 2.10 bits per heavy atom. The lowest BCUT2D eigenvalue weighted by molar-refractivity contribution is -0.128. The summed E-state index contributed by atoms with van der Waals surface area (Å²) in [6.07, 6.45) is 1.13. The third-order valence-corrected chi connectivity index (χ3v) is 3.10. The van der Waals surface area contributed by atoms with E-state index in [-0.39, 0.29) is 17.7 Å². The Bertz CT molecular complexity index is 477. The standard InChI is InChI=1S/C15H23FN2O2/c1-5-6-10(3)18-15(19)11(4)20-14-7-9(2)13(17)8-12(14)16/h7-8,10-11H,5-6,17H2,1-4H3,(H,18,19). The number of nitrogens with one attached hydrogen (secondary N) is 1. The molecule has 20 heavy (non-hydrogen) atoms. The highest BCUT2D eigenvalue weighted by atomic mass is 19.1. The van der Waals surface area contributed by atoms with E-state index < -0.39 is 11.9 Å². The summed E-state index contributed by atoms with van der Waals surface area (Å²) in [6.45, 7) is 7.34. The van der Waals surface area contributed by atoms with Crippen LogP contribution in [0.3, 0.4) is 0 Å². The number of halogens is 1. The SMILES string of the molecule is CCCC(C)NC(=O)C(C)Oc1cc(C)c(N)cc1F. The van der Waals surface area contributed by atoms with Gasteiger partial charge < -0.3 is 15.8 Å². The van der Waals surface area contributed by atoms with Crippen LogP contribution in [0.2, 0.25) is 0 Å². The molecule has 1 amide bonds. The first kappa shape index (κ1) is 16.3. The molecule has 1 aromatic carbocycles. The third kappa shape index (κ3) is 4.40. The van der Waals surface area contributed by atoms with E-state index in [0.29, 0.717) is 11.3 Å². The van der Waals surface area contributed by atoms with Crippen LogP contribution < -0.4 is 15.8 Å². The second-order valence-corrected chi connectivity index (χ2v) is 5.10. The maximum atomic E-state index is 13.7. The molecule has 1 aromatic rings. The summed E-state index contributed by atoms with van der Waals surface area (Å²) in [7, 11) is 0. The number of carbonyl (C=O) groups is 1. The Morgan fingerprint density at radius 3 is 2.70 bits per heavy atom. The van der Waals surface area contributed by atoms with Gasteiger partial charge in [-0.25, -0.2) is 4.39 Å². The van der Waals surface area contributed by atoms with Crippen LogP contribution in [0.5, 0.6) is 5.75 Å². The number of nitrogens with two attached hydrogens (primary N) is 1. The number of rotatable bonds is 6. The summed E-state index contributed by atoms with van der Waals surface area (Å²) in [6, 6.07) is 2.79. The number of hydrogen-bond acceptors (Lipinski definition) is 3. The van der Waals surface area contributed by atoms with Crippen LogP contribution in [0.4, 0.5) is 10.1 Å². The minimum Gasteiger partial charge on any atom is -0.478 e. The Hall–Kier alpha value is -1.78. The van der Waals surface area contributed by atoms with E-state index in [9.17, 15) is 9.18 Å². The molecular formula is C15H23FN2O2. The molecule has 0 heterocycles. The topological polar surface area (TPSA) is 64.3 Å². The fourth-order valence-electron chi connectivity index (χ4n) is 1.87. The molecule has 0 saturated carbocycles. The highest BCUT2D eigenvalue weighted by Gasteiger charge is 2.18. The summed E-state index contributed by atoms with van der Waals surface area (Å²) >= 11 is 0. The second kappa shape index (κ2) is 7.12. The lowest BCUT2D eigenvalue weighted by Crippen LogP contribution is -2.41. The number of aryl methyl sites for hydroxylation is 1. The number of hydrogen-bond donors (Lipinski definition) is 2. The van der Waals surface area contributed by atoms with Gasteiger partial charge in [0.15, 0.2) is 17.7 Å². The fourth-order valence-corrected chi connectivity index (χ4v) is 1.87. The van der Waals surface area contributed by atoms with Crippen molar-refractivity contribution in [1.82, 2.24) is 5.32 Å². The number of carbonyl (C=O) groups excluding carboxylic acids is 1. The van der Waals surface area contributed by atoms with Gasteiger partial charge in [-0.3, -0.25) is 4.79 Å². The average Bonchev–Trinajstić information content (AvgIpc) is 2.35. The molecule has 0 saturated heterocycles. The zero-order valence-electron chi connectivity index (χ0n) is 12.5. The molecule has 2 unspecified atom stereocenters. The van der Waals surface area contributed by atoms with Gasteiger partial charge in [-0.15, -0.1) is 0 Å². The first-order chi connectivity index (χ1) is 9.35. The number of ether oxygens (including phenoxy) is 1. The number of benzene rings is 1. The molecule has 0 aromatic heterocycles. The van der Waals surface area contributed by atoms with Crippen molar-refractivity contribution < 1.29 is 13.9 Å². The van der Waals surface area contributed by atoms with Crippen LogP contribution in [0, 0.1) is 12.7 Å². The van der Waals surface area contributed by atoms with Crippen LogP contribution in [-0.4, -0.2) is 18.1 Å². The molecule has 1 rings (SSSR count). The van der Waals surface area contributed by atoms with Crippen molar-refractivity contribution in [1.29, 1.82) is 0 Å². The fraction of sp³-hybridized carbons (Fsp3) is 0.533. The van der Waals surface area contributed by atoms with Crippen molar-refractivity contribution in [3.05, 3.63) is 23.5 Å². The predicted octanol–water partition coefficient (Wildman–Crippen LogP) is 2.79. The smallest absolute Gasteiger partial charge is 0.260 e. The zero-order valence-corrected chi connectivity index (χ0v) is 12.5. The van der Waals surface area contributed by atoms with Gasteiger partial charge in [-0.1, -0.05) is 13.3 Å². The Labute approximate surface area is 119 Å². The Kier molecular flexibility index (Phi) is 5.80. The highest BCUT2D eigenvalue weighted by Crippen LogP contribution is 2.24. The van der Waals surface area contributed by atoms with E-state index in [1.807, 2.05) is 6.92 Å². The molecule has 5 heteroatoms. The predicted molar refractivity (Wildman–Crippen MR) is 78.2 cm³/mol. The van der Waals surface area contributed by atoms with Gasteiger partial charge in [0.2, 0.25) is 0 Å².